The van der Waals surface area contributed by atoms with Gasteiger partial charge in [0.1, 0.15) is 20.4 Å². The van der Waals surface area contributed by atoms with Crippen molar-refractivity contribution >= 4 is 6.21 Å². The lowest BCUT2D eigenvalue weighted by Crippen LogP contribution is -2.70. The Morgan fingerprint density at radius 3 is 2.26 bits per heavy atom. The van der Waals surface area contributed by atoms with Crippen LogP contribution in [0.2, 0.25) is 0 Å². The fourth-order valence-electron chi connectivity index (χ4n) is 8.82. The fraction of sp³-hybridized carbons (Fsp3) is 0.966. The maximum atomic E-state index is 12.4. The molecule has 10 atom stereocenters. The minimum absolute atomic E-state index is 0.0608. The number of aliphatic hydroxyl groups is 1. The summed E-state index contributed by atoms with van der Waals surface area (Å²) in [6.45, 7) is 6.56. The lowest BCUT2D eigenvalue weighted by Gasteiger charge is -2.65. The van der Waals surface area contributed by atoms with E-state index in [2.05, 4.69) is 6.92 Å². The van der Waals surface area contributed by atoms with Crippen LogP contribution in [-0.2, 0) is 37.9 Å². The molecule has 4 rings (SSSR count). The summed E-state index contributed by atoms with van der Waals surface area (Å²) in [6.07, 6.45) is 5.72. The Labute approximate surface area is 233 Å². The molecule has 10 heteroatoms. The van der Waals surface area contributed by atoms with Crippen LogP contribution in [0.15, 0.2) is 0 Å². The second kappa shape index (κ2) is 12.3. The summed E-state index contributed by atoms with van der Waals surface area (Å²) in [6, 6.07) is 0. The minimum atomic E-state index is -1.02. The van der Waals surface area contributed by atoms with Crippen molar-refractivity contribution in [2.45, 2.75) is 101 Å². The molecule has 3 unspecified atom stereocenters. The van der Waals surface area contributed by atoms with Gasteiger partial charge in [-0.25, -0.2) is 0 Å². The maximum absolute atomic E-state index is 12.4. The van der Waals surface area contributed by atoms with Crippen LogP contribution in [0, 0.1) is 34.5 Å². The van der Waals surface area contributed by atoms with E-state index in [1.54, 1.807) is 34.7 Å². The van der Waals surface area contributed by atoms with E-state index in [-0.39, 0.29) is 67.8 Å². The minimum Gasteiger partial charge on any atom is -0.389 e. The first kappa shape index (κ1) is 31.3. The van der Waals surface area contributed by atoms with E-state index in [0.717, 1.165) is 19.3 Å². The van der Waals surface area contributed by atoms with Gasteiger partial charge < -0.3 is 48.4 Å². The Hall–Kier alpha value is -0.690. The van der Waals surface area contributed by atoms with Crippen LogP contribution in [0.4, 0.5) is 0 Å². The van der Waals surface area contributed by atoms with Crippen LogP contribution in [-0.4, -0.2) is 95.4 Å². The summed E-state index contributed by atoms with van der Waals surface area (Å²) in [7, 11) is 6.52. The lowest BCUT2D eigenvalue weighted by atomic mass is 9.45. The van der Waals surface area contributed by atoms with Crippen molar-refractivity contribution in [3.05, 3.63) is 0 Å². The average molecular weight is 558 g/mol. The highest BCUT2D eigenvalue weighted by molar-refractivity contribution is 5.60. The highest BCUT2D eigenvalue weighted by atomic mass is 16.7. The first-order chi connectivity index (χ1) is 18.5. The first-order valence-corrected chi connectivity index (χ1v) is 14.3. The standard InChI is InChI=1S/C29H51NO9/c1-26(2,35-7)39-22-12-20(36-16-32-4)13-28(31)10-9-21-24(25(22)28)23(37-17-33-5)14-27(3)19(15-30)8-11-29(21,27)38-18-34-6/h15,19-25,30-31H,8-14,16-18H2,1-7H3/t19-,20+,21?,22-,23-,24?,25?,27-,28+,29+/m1/s1. The number of hydrogen-bond acceptors (Lipinski definition) is 10. The van der Waals surface area contributed by atoms with Gasteiger partial charge in [0.25, 0.3) is 0 Å². The van der Waals surface area contributed by atoms with Crippen molar-refractivity contribution in [2.75, 3.05) is 48.8 Å². The molecule has 0 aliphatic heterocycles. The van der Waals surface area contributed by atoms with E-state index in [9.17, 15) is 5.11 Å². The summed E-state index contributed by atoms with van der Waals surface area (Å²) in [4.78, 5) is 0. The molecule has 0 aromatic carbocycles. The number of hydrogen-bond donors (Lipinski definition) is 2. The number of methoxy groups -OCH3 is 4. The van der Waals surface area contributed by atoms with Gasteiger partial charge in [-0.1, -0.05) is 6.92 Å². The fourth-order valence-corrected chi connectivity index (χ4v) is 8.82. The molecule has 0 radical (unpaired) electrons. The number of nitrogens with one attached hydrogen (secondary N) is 1. The van der Waals surface area contributed by atoms with Crippen LogP contribution < -0.4 is 0 Å². The van der Waals surface area contributed by atoms with E-state index in [4.69, 9.17) is 43.3 Å². The summed E-state index contributed by atoms with van der Waals surface area (Å²) in [5.74, 6) is -0.994. The third-order valence-corrected chi connectivity index (χ3v) is 10.5. The number of rotatable bonds is 13. The van der Waals surface area contributed by atoms with Gasteiger partial charge in [0, 0.05) is 58.5 Å². The van der Waals surface area contributed by atoms with Crippen molar-refractivity contribution < 1.29 is 43.0 Å². The van der Waals surface area contributed by atoms with Crippen molar-refractivity contribution in [1.29, 1.82) is 5.41 Å². The summed E-state index contributed by atoms with van der Waals surface area (Å²) in [5.41, 5.74) is -1.84. The molecule has 2 N–H and O–H groups in total. The monoisotopic (exact) mass is 557 g/mol. The van der Waals surface area contributed by atoms with Gasteiger partial charge in [0.2, 0.25) is 0 Å². The Kier molecular flexibility index (Phi) is 9.83. The summed E-state index contributed by atoms with van der Waals surface area (Å²) < 4.78 is 47.7. The van der Waals surface area contributed by atoms with Crippen molar-refractivity contribution in [3.8, 4) is 0 Å². The zero-order valence-corrected chi connectivity index (χ0v) is 24.9. The van der Waals surface area contributed by atoms with Crippen molar-refractivity contribution in [1.82, 2.24) is 0 Å². The molecule has 0 aromatic heterocycles. The van der Waals surface area contributed by atoms with E-state index < -0.39 is 17.0 Å². The number of ether oxygens (including phenoxy) is 8. The Morgan fingerprint density at radius 2 is 1.62 bits per heavy atom. The highest BCUT2D eigenvalue weighted by Crippen LogP contribution is 2.68. The van der Waals surface area contributed by atoms with Gasteiger partial charge in [-0.05, 0) is 64.0 Å². The molecule has 226 valence electrons. The van der Waals surface area contributed by atoms with Crippen molar-refractivity contribution in [2.24, 2.45) is 29.1 Å². The molecule has 39 heavy (non-hydrogen) atoms. The van der Waals surface area contributed by atoms with E-state index in [0.29, 0.717) is 25.7 Å². The Bertz CT molecular complexity index is 829. The molecule has 0 bridgehead atoms. The molecule has 4 aliphatic carbocycles. The maximum Gasteiger partial charge on any atom is 0.162 e. The second-order valence-electron chi connectivity index (χ2n) is 12.7. The topological polar surface area (TPSA) is 118 Å². The predicted molar refractivity (Wildman–Crippen MR) is 143 cm³/mol. The zero-order chi connectivity index (χ0) is 28.5. The van der Waals surface area contributed by atoms with E-state index >= 15 is 0 Å². The largest absolute Gasteiger partial charge is 0.389 e. The molecular weight excluding hydrogens is 506 g/mol. The summed E-state index contributed by atoms with van der Waals surface area (Å²) >= 11 is 0. The molecule has 0 amide bonds. The van der Waals surface area contributed by atoms with Gasteiger partial charge >= 0.3 is 0 Å². The molecule has 0 heterocycles. The van der Waals surface area contributed by atoms with Crippen LogP contribution in [0.3, 0.4) is 0 Å². The molecule has 0 spiro atoms. The molecule has 0 saturated heterocycles. The first-order valence-electron chi connectivity index (χ1n) is 14.3. The van der Waals surface area contributed by atoms with Gasteiger partial charge in [0.15, 0.2) is 5.79 Å². The second-order valence-corrected chi connectivity index (χ2v) is 12.7. The molecule has 0 aromatic rings. The van der Waals surface area contributed by atoms with E-state index in [1.807, 2.05) is 13.8 Å². The molecular formula is C29H51NO9. The molecule has 4 saturated carbocycles. The van der Waals surface area contributed by atoms with Gasteiger partial charge in [0.05, 0.1) is 29.5 Å². The van der Waals surface area contributed by atoms with Crippen LogP contribution >= 0.6 is 0 Å². The van der Waals surface area contributed by atoms with Crippen LogP contribution in [0.5, 0.6) is 0 Å². The predicted octanol–water partition coefficient (Wildman–Crippen LogP) is 3.73. The Morgan fingerprint density at radius 1 is 0.923 bits per heavy atom. The van der Waals surface area contributed by atoms with Gasteiger partial charge in [-0.15, -0.1) is 0 Å². The SMILES string of the molecule is COCO[C@H]1C[C@@H](OC(C)(C)OC)C2C3C(CC[C@]2(O)C1)[C@@]1(OCOC)CC[C@H](C=N)[C@@]1(C)C[C@H]3OCOC. The van der Waals surface area contributed by atoms with Crippen LogP contribution in [0.25, 0.3) is 0 Å². The van der Waals surface area contributed by atoms with Gasteiger partial charge in [-0.2, -0.15) is 0 Å². The van der Waals surface area contributed by atoms with Crippen LogP contribution in [0.1, 0.15) is 65.7 Å². The summed E-state index contributed by atoms with van der Waals surface area (Å²) in [5, 5.41) is 20.7. The third kappa shape index (κ3) is 5.58. The lowest BCUT2D eigenvalue weighted by molar-refractivity contribution is -0.324. The number of fused-ring (bicyclic) bond motifs is 5. The quantitative estimate of drug-likeness (QED) is 0.258. The smallest absolute Gasteiger partial charge is 0.162 e. The molecule has 4 fully saturated rings. The highest BCUT2D eigenvalue weighted by Gasteiger charge is 2.71. The molecule has 4 aliphatic rings. The van der Waals surface area contributed by atoms with Crippen molar-refractivity contribution in [3.63, 3.8) is 0 Å². The van der Waals surface area contributed by atoms with E-state index in [1.165, 1.54) is 0 Å². The molecule has 10 nitrogen and oxygen atoms in total. The third-order valence-electron chi connectivity index (χ3n) is 10.5. The Balaban J connectivity index is 1.80. The van der Waals surface area contributed by atoms with Gasteiger partial charge in [-0.3, -0.25) is 0 Å². The average Bonchev–Trinajstić information content (AvgIpc) is 3.20. The normalized spacial score (nSPS) is 43.9. The zero-order valence-electron chi connectivity index (χ0n) is 24.9.